The predicted octanol–water partition coefficient (Wildman–Crippen LogP) is 2.30. The molecule has 134 valence electrons. The zero-order valence-electron chi connectivity index (χ0n) is 14.9. The third-order valence-electron chi connectivity index (χ3n) is 6.56. The van der Waals surface area contributed by atoms with Gasteiger partial charge in [0.2, 0.25) is 17.7 Å². The fourth-order valence-corrected chi connectivity index (χ4v) is 5.57. The molecule has 5 aliphatic rings. The Morgan fingerprint density at radius 1 is 1.00 bits per heavy atom. The van der Waals surface area contributed by atoms with Gasteiger partial charge in [0.05, 0.1) is 11.8 Å². The summed E-state index contributed by atoms with van der Waals surface area (Å²) in [5.74, 6) is 0.434. The summed E-state index contributed by atoms with van der Waals surface area (Å²) in [4.78, 5) is 39.4. The molecule has 1 aliphatic heterocycles. The van der Waals surface area contributed by atoms with E-state index in [1.165, 1.54) is 4.90 Å². The second kappa shape index (κ2) is 5.29. The van der Waals surface area contributed by atoms with E-state index in [4.69, 9.17) is 0 Å². The number of aryl methyl sites for hydroxylation is 2. The van der Waals surface area contributed by atoms with Crippen LogP contribution in [0.4, 0.5) is 5.69 Å². The number of hydrogen-bond acceptors (Lipinski definition) is 3. The third-order valence-corrected chi connectivity index (χ3v) is 6.56. The number of likely N-dealkylation sites (tertiary alicyclic amines) is 1. The van der Waals surface area contributed by atoms with Gasteiger partial charge >= 0.3 is 0 Å². The number of nitrogens with zero attached hydrogens (tertiary/aromatic N) is 1. The average molecular weight is 350 g/mol. The Balaban J connectivity index is 1.33. The van der Waals surface area contributed by atoms with E-state index in [0.29, 0.717) is 17.5 Å². The minimum Gasteiger partial charge on any atom is -0.325 e. The van der Waals surface area contributed by atoms with Gasteiger partial charge in [0.1, 0.15) is 6.54 Å². The first-order chi connectivity index (χ1) is 12.4. The van der Waals surface area contributed by atoms with Crippen molar-refractivity contribution >= 4 is 23.4 Å². The molecule has 0 unspecified atom stereocenters. The lowest BCUT2D eigenvalue weighted by molar-refractivity contribution is -0.142. The van der Waals surface area contributed by atoms with Crippen LogP contribution in [0.25, 0.3) is 0 Å². The maximum Gasteiger partial charge on any atom is 0.244 e. The van der Waals surface area contributed by atoms with E-state index in [9.17, 15) is 14.4 Å². The van der Waals surface area contributed by atoms with Crippen molar-refractivity contribution < 1.29 is 14.4 Å². The first-order valence-electron chi connectivity index (χ1n) is 9.36. The van der Waals surface area contributed by atoms with Crippen LogP contribution in [0.1, 0.15) is 17.5 Å². The molecule has 0 radical (unpaired) electrons. The van der Waals surface area contributed by atoms with Gasteiger partial charge in [-0.25, -0.2) is 0 Å². The number of rotatable bonds is 3. The molecular weight excluding hydrogens is 328 g/mol. The van der Waals surface area contributed by atoms with E-state index in [2.05, 4.69) is 17.5 Å². The van der Waals surface area contributed by atoms with E-state index in [1.54, 1.807) is 0 Å². The molecule has 2 saturated carbocycles. The molecule has 5 nitrogen and oxygen atoms in total. The van der Waals surface area contributed by atoms with Gasteiger partial charge in [-0.05, 0) is 67.2 Å². The molecule has 1 heterocycles. The maximum absolute atomic E-state index is 12.9. The lowest BCUT2D eigenvalue weighted by Gasteiger charge is -2.37. The summed E-state index contributed by atoms with van der Waals surface area (Å²) in [6.07, 6.45) is 5.43. The second-order valence-electron chi connectivity index (χ2n) is 8.34. The van der Waals surface area contributed by atoms with Crippen molar-refractivity contribution in [1.82, 2.24) is 4.90 Å². The van der Waals surface area contributed by atoms with E-state index in [-0.39, 0.29) is 47.9 Å². The Hall–Kier alpha value is -2.43. The predicted molar refractivity (Wildman–Crippen MR) is 96.0 cm³/mol. The van der Waals surface area contributed by atoms with Crippen molar-refractivity contribution in [1.29, 1.82) is 0 Å². The number of carbonyl (C=O) groups excluding carboxylic acids is 3. The summed E-state index contributed by atoms with van der Waals surface area (Å²) in [6, 6.07) is 5.80. The fraction of sp³-hybridized carbons (Fsp3) is 0.476. The van der Waals surface area contributed by atoms with Gasteiger partial charge in [-0.2, -0.15) is 0 Å². The number of amides is 3. The van der Waals surface area contributed by atoms with E-state index in [0.717, 1.165) is 17.5 Å². The second-order valence-corrected chi connectivity index (χ2v) is 8.34. The maximum atomic E-state index is 12.9. The summed E-state index contributed by atoms with van der Waals surface area (Å²) in [5, 5.41) is 2.83. The Kier molecular flexibility index (Phi) is 3.21. The van der Waals surface area contributed by atoms with Crippen LogP contribution < -0.4 is 5.32 Å². The number of anilines is 1. The van der Waals surface area contributed by atoms with Crippen molar-refractivity contribution in [3.63, 3.8) is 0 Å². The number of hydrogen-bond donors (Lipinski definition) is 1. The van der Waals surface area contributed by atoms with Crippen molar-refractivity contribution in [3.05, 3.63) is 41.5 Å². The molecule has 6 rings (SSSR count). The number of nitrogens with one attached hydrogen (secondary N) is 1. The lowest BCUT2D eigenvalue weighted by atomic mass is 9.63. The van der Waals surface area contributed by atoms with Gasteiger partial charge in [0.25, 0.3) is 0 Å². The standard InChI is InChI=1S/C21H22N2O3/c1-10-5-11(2)7-12(6-10)22-17(24)9-23-20(25)18-13-3-4-14(16-8-15(13)16)19(18)21(23)26/h3-7,13-16,18-19H,8-9H2,1-2H3,(H,22,24)/t13-,14-,15-,16-,18+,19+/m0/s1. The van der Waals surface area contributed by atoms with Gasteiger partial charge in [-0.15, -0.1) is 0 Å². The molecule has 0 spiro atoms. The van der Waals surface area contributed by atoms with Crippen LogP contribution in [-0.2, 0) is 14.4 Å². The molecule has 3 amide bonds. The quantitative estimate of drug-likeness (QED) is 0.672. The SMILES string of the molecule is Cc1cc(C)cc(NC(=O)CN2C(=O)[C@@H]3[C@H]4C=C[C@@H]([C@@H]5C[C@@H]45)[C@H]3C2=O)c1. The van der Waals surface area contributed by atoms with Crippen LogP contribution in [-0.4, -0.2) is 29.2 Å². The van der Waals surface area contributed by atoms with Gasteiger partial charge < -0.3 is 5.32 Å². The lowest BCUT2D eigenvalue weighted by Crippen LogP contribution is -2.40. The fourth-order valence-electron chi connectivity index (χ4n) is 5.57. The Morgan fingerprint density at radius 2 is 1.54 bits per heavy atom. The van der Waals surface area contributed by atoms with E-state index >= 15 is 0 Å². The molecular formula is C21H22N2O3. The third kappa shape index (κ3) is 2.19. The minimum absolute atomic E-state index is 0.153. The molecule has 1 aromatic carbocycles. The monoisotopic (exact) mass is 350 g/mol. The molecule has 0 aromatic heterocycles. The highest BCUT2D eigenvalue weighted by Gasteiger charge is 2.67. The van der Waals surface area contributed by atoms with Crippen molar-refractivity contribution in [2.24, 2.45) is 35.5 Å². The number of imide groups is 1. The molecule has 2 bridgehead atoms. The zero-order valence-corrected chi connectivity index (χ0v) is 14.9. The Morgan fingerprint density at radius 3 is 2.08 bits per heavy atom. The largest absolute Gasteiger partial charge is 0.325 e. The van der Waals surface area contributed by atoms with Crippen molar-refractivity contribution in [2.75, 3.05) is 11.9 Å². The molecule has 1 aromatic rings. The van der Waals surface area contributed by atoms with E-state index in [1.807, 2.05) is 32.0 Å². The highest BCUT2D eigenvalue weighted by molar-refractivity contribution is 6.09. The highest BCUT2D eigenvalue weighted by atomic mass is 16.2. The van der Waals surface area contributed by atoms with Crippen molar-refractivity contribution in [2.45, 2.75) is 20.3 Å². The van der Waals surface area contributed by atoms with Crippen LogP contribution in [0.15, 0.2) is 30.4 Å². The number of carbonyl (C=O) groups is 3. The van der Waals surface area contributed by atoms with E-state index < -0.39 is 0 Å². The molecule has 1 saturated heterocycles. The summed E-state index contributed by atoms with van der Waals surface area (Å²) in [5.41, 5.74) is 2.81. The summed E-state index contributed by atoms with van der Waals surface area (Å²) in [6.45, 7) is 3.75. The first kappa shape index (κ1) is 15.8. The average Bonchev–Trinajstić information content (AvgIpc) is 3.35. The van der Waals surface area contributed by atoms with Gasteiger partial charge in [0.15, 0.2) is 0 Å². The van der Waals surface area contributed by atoms with Crippen molar-refractivity contribution in [3.8, 4) is 0 Å². The normalized spacial score (nSPS) is 36.2. The van der Waals surface area contributed by atoms with Crippen LogP contribution in [0.5, 0.6) is 0 Å². The molecule has 5 heteroatoms. The molecule has 1 N–H and O–H groups in total. The summed E-state index contributed by atoms with van der Waals surface area (Å²) in [7, 11) is 0. The molecule has 4 aliphatic carbocycles. The highest BCUT2D eigenvalue weighted by Crippen LogP contribution is 2.65. The topological polar surface area (TPSA) is 66.5 Å². The van der Waals surface area contributed by atoms with Gasteiger partial charge in [-0.3, -0.25) is 19.3 Å². The zero-order chi connectivity index (χ0) is 18.2. The van der Waals surface area contributed by atoms with Crippen LogP contribution in [0.3, 0.4) is 0 Å². The van der Waals surface area contributed by atoms with Gasteiger partial charge in [0, 0.05) is 5.69 Å². The minimum atomic E-state index is -0.319. The summed E-state index contributed by atoms with van der Waals surface area (Å²) >= 11 is 0. The van der Waals surface area contributed by atoms with Crippen LogP contribution in [0.2, 0.25) is 0 Å². The molecule has 26 heavy (non-hydrogen) atoms. The van der Waals surface area contributed by atoms with Gasteiger partial charge in [-0.1, -0.05) is 18.2 Å². The Labute approximate surface area is 152 Å². The Bertz CT molecular complexity index is 818. The smallest absolute Gasteiger partial charge is 0.244 e. The molecule has 3 fully saturated rings. The molecule has 6 atom stereocenters. The van der Waals surface area contributed by atoms with Crippen LogP contribution >= 0.6 is 0 Å². The summed E-state index contributed by atoms with van der Waals surface area (Å²) < 4.78 is 0. The number of allylic oxidation sites excluding steroid dienone is 2. The first-order valence-corrected chi connectivity index (χ1v) is 9.36. The van der Waals surface area contributed by atoms with Crippen LogP contribution in [0, 0.1) is 49.4 Å². The number of benzene rings is 1.